The second kappa shape index (κ2) is 4.46. The average molecular weight is 216 g/mol. The van der Waals surface area contributed by atoms with Crippen LogP contribution in [0.15, 0.2) is 12.5 Å². The van der Waals surface area contributed by atoms with Crippen LogP contribution < -0.4 is 5.32 Å². The number of aromatic nitrogens is 2. The number of carbonyl (C=O) groups is 1. The SMILES string of the molecule is CC(C)(CCl)C(=O)NCc1cnc[nH]1. The van der Waals surface area contributed by atoms with Gasteiger partial charge in [0.2, 0.25) is 5.91 Å². The smallest absolute Gasteiger partial charge is 0.227 e. The van der Waals surface area contributed by atoms with E-state index in [1.807, 2.05) is 13.8 Å². The van der Waals surface area contributed by atoms with Crippen LogP contribution in [0.3, 0.4) is 0 Å². The summed E-state index contributed by atoms with van der Waals surface area (Å²) in [4.78, 5) is 18.3. The Morgan fingerprint density at radius 2 is 2.43 bits per heavy atom. The number of nitrogens with zero attached hydrogens (tertiary/aromatic N) is 1. The van der Waals surface area contributed by atoms with E-state index in [2.05, 4.69) is 15.3 Å². The highest BCUT2D eigenvalue weighted by Crippen LogP contribution is 2.16. The largest absolute Gasteiger partial charge is 0.350 e. The Morgan fingerprint density at radius 1 is 1.71 bits per heavy atom. The summed E-state index contributed by atoms with van der Waals surface area (Å²) in [6.07, 6.45) is 3.25. The predicted octanol–water partition coefficient (Wildman–Crippen LogP) is 1.29. The van der Waals surface area contributed by atoms with Gasteiger partial charge in [-0.05, 0) is 13.8 Å². The van der Waals surface area contributed by atoms with Crippen molar-refractivity contribution in [1.82, 2.24) is 15.3 Å². The maximum Gasteiger partial charge on any atom is 0.227 e. The zero-order valence-electron chi connectivity index (χ0n) is 8.30. The predicted molar refractivity (Wildman–Crippen MR) is 54.9 cm³/mol. The molecule has 0 radical (unpaired) electrons. The second-order valence-electron chi connectivity index (χ2n) is 3.78. The molecule has 0 aliphatic carbocycles. The summed E-state index contributed by atoms with van der Waals surface area (Å²) < 4.78 is 0. The van der Waals surface area contributed by atoms with Crippen molar-refractivity contribution in [3.05, 3.63) is 18.2 Å². The number of nitrogens with one attached hydrogen (secondary N) is 2. The number of halogens is 1. The van der Waals surface area contributed by atoms with Gasteiger partial charge in [0, 0.05) is 12.1 Å². The molecule has 0 bridgehead atoms. The maximum absolute atomic E-state index is 11.6. The third kappa shape index (κ3) is 2.73. The van der Waals surface area contributed by atoms with Gasteiger partial charge >= 0.3 is 0 Å². The Hall–Kier alpha value is -1.03. The number of hydrogen-bond donors (Lipinski definition) is 2. The lowest BCUT2D eigenvalue weighted by molar-refractivity contribution is -0.128. The number of amides is 1. The minimum absolute atomic E-state index is 0.0536. The molecule has 5 heteroatoms. The molecule has 0 saturated carbocycles. The van der Waals surface area contributed by atoms with Crippen LogP contribution in [-0.4, -0.2) is 21.8 Å². The van der Waals surface area contributed by atoms with Crippen LogP contribution in [0.4, 0.5) is 0 Å². The lowest BCUT2D eigenvalue weighted by Crippen LogP contribution is -2.37. The molecule has 0 fully saturated rings. The molecule has 0 spiro atoms. The first-order chi connectivity index (χ1) is 6.56. The first-order valence-electron chi connectivity index (χ1n) is 4.38. The molecule has 78 valence electrons. The van der Waals surface area contributed by atoms with E-state index in [0.717, 1.165) is 5.69 Å². The molecule has 1 rings (SSSR count). The number of hydrogen-bond acceptors (Lipinski definition) is 2. The molecule has 1 aromatic heterocycles. The fourth-order valence-electron chi connectivity index (χ4n) is 0.857. The lowest BCUT2D eigenvalue weighted by atomic mass is 9.95. The molecular weight excluding hydrogens is 202 g/mol. The summed E-state index contributed by atoms with van der Waals surface area (Å²) in [6.45, 7) is 4.07. The van der Waals surface area contributed by atoms with Crippen molar-refractivity contribution in [2.24, 2.45) is 5.41 Å². The summed E-state index contributed by atoms with van der Waals surface area (Å²) in [6, 6.07) is 0. The van der Waals surface area contributed by atoms with Crippen molar-refractivity contribution in [3.8, 4) is 0 Å². The lowest BCUT2D eigenvalue weighted by Gasteiger charge is -2.19. The van der Waals surface area contributed by atoms with Gasteiger partial charge in [-0.1, -0.05) is 0 Å². The molecule has 0 aliphatic rings. The number of rotatable bonds is 4. The fourth-order valence-corrected chi connectivity index (χ4v) is 0.978. The first kappa shape index (κ1) is 11.0. The van der Waals surface area contributed by atoms with Gasteiger partial charge < -0.3 is 10.3 Å². The number of H-pyrrole nitrogens is 1. The van der Waals surface area contributed by atoms with Crippen LogP contribution in [-0.2, 0) is 11.3 Å². The molecule has 0 aliphatic heterocycles. The minimum atomic E-state index is -0.526. The topological polar surface area (TPSA) is 57.8 Å². The van der Waals surface area contributed by atoms with Crippen molar-refractivity contribution < 1.29 is 4.79 Å². The average Bonchev–Trinajstić information content (AvgIpc) is 2.66. The Balaban J connectivity index is 2.43. The Kier molecular flexibility index (Phi) is 3.52. The molecule has 1 heterocycles. The van der Waals surface area contributed by atoms with E-state index < -0.39 is 5.41 Å². The molecule has 14 heavy (non-hydrogen) atoms. The van der Waals surface area contributed by atoms with Gasteiger partial charge in [-0.3, -0.25) is 4.79 Å². The zero-order chi connectivity index (χ0) is 10.6. The maximum atomic E-state index is 11.6. The molecule has 0 unspecified atom stereocenters. The second-order valence-corrected chi connectivity index (χ2v) is 4.04. The number of aromatic amines is 1. The van der Waals surface area contributed by atoms with Gasteiger partial charge in [-0.25, -0.2) is 4.98 Å². The molecule has 2 N–H and O–H groups in total. The summed E-state index contributed by atoms with van der Waals surface area (Å²) in [5.74, 6) is 0.254. The number of carbonyl (C=O) groups excluding carboxylic acids is 1. The molecule has 1 aromatic rings. The van der Waals surface area contributed by atoms with Crippen LogP contribution in [0.25, 0.3) is 0 Å². The van der Waals surface area contributed by atoms with Crippen LogP contribution in [0.5, 0.6) is 0 Å². The third-order valence-electron chi connectivity index (χ3n) is 1.94. The summed E-state index contributed by atoms with van der Waals surface area (Å²) in [5.41, 5.74) is 0.352. The number of alkyl halides is 1. The van der Waals surface area contributed by atoms with E-state index >= 15 is 0 Å². The highest BCUT2D eigenvalue weighted by molar-refractivity contribution is 6.19. The van der Waals surface area contributed by atoms with Crippen LogP contribution in [0, 0.1) is 5.41 Å². The van der Waals surface area contributed by atoms with Crippen molar-refractivity contribution in [2.45, 2.75) is 20.4 Å². The molecule has 0 aromatic carbocycles. The first-order valence-corrected chi connectivity index (χ1v) is 4.91. The van der Waals surface area contributed by atoms with Crippen molar-refractivity contribution in [2.75, 3.05) is 5.88 Å². The van der Waals surface area contributed by atoms with E-state index in [4.69, 9.17) is 11.6 Å². The summed E-state index contributed by atoms with van der Waals surface area (Å²) in [5, 5.41) is 2.78. The van der Waals surface area contributed by atoms with Gasteiger partial charge in [-0.2, -0.15) is 0 Å². The highest BCUT2D eigenvalue weighted by atomic mass is 35.5. The Morgan fingerprint density at radius 3 is 2.93 bits per heavy atom. The molecular formula is C9H14ClN3O. The Labute approximate surface area is 88.1 Å². The van der Waals surface area contributed by atoms with Gasteiger partial charge in [0.1, 0.15) is 0 Å². The third-order valence-corrected chi connectivity index (χ3v) is 2.61. The van der Waals surface area contributed by atoms with E-state index in [1.54, 1.807) is 12.5 Å². The number of imidazole rings is 1. The zero-order valence-corrected chi connectivity index (χ0v) is 9.06. The Bertz CT molecular complexity index is 295. The molecule has 0 saturated heterocycles. The van der Waals surface area contributed by atoms with E-state index in [1.165, 1.54) is 0 Å². The standard InChI is InChI=1S/C9H14ClN3O/c1-9(2,5-10)8(14)12-4-7-3-11-6-13-7/h3,6H,4-5H2,1-2H3,(H,11,13)(H,12,14). The van der Waals surface area contributed by atoms with Gasteiger partial charge in [-0.15, -0.1) is 11.6 Å². The summed E-state index contributed by atoms with van der Waals surface area (Å²) in [7, 11) is 0. The van der Waals surface area contributed by atoms with Crippen molar-refractivity contribution in [1.29, 1.82) is 0 Å². The van der Waals surface area contributed by atoms with Crippen LogP contribution >= 0.6 is 11.6 Å². The van der Waals surface area contributed by atoms with E-state index in [0.29, 0.717) is 12.4 Å². The van der Waals surface area contributed by atoms with Crippen LogP contribution in [0.1, 0.15) is 19.5 Å². The summed E-state index contributed by atoms with van der Waals surface area (Å²) >= 11 is 5.67. The molecule has 0 atom stereocenters. The van der Waals surface area contributed by atoms with E-state index in [9.17, 15) is 4.79 Å². The molecule has 1 amide bonds. The van der Waals surface area contributed by atoms with Gasteiger partial charge in [0.15, 0.2) is 0 Å². The van der Waals surface area contributed by atoms with Crippen molar-refractivity contribution >= 4 is 17.5 Å². The minimum Gasteiger partial charge on any atom is -0.350 e. The van der Waals surface area contributed by atoms with Crippen molar-refractivity contribution in [3.63, 3.8) is 0 Å². The highest BCUT2D eigenvalue weighted by Gasteiger charge is 2.25. The van der Waals surface area contributed by atoms with Gasteiger partial charge in [0.05, 0.1) is 24.0 Å². The van der Waals surface area contributed by atoms with E-state index in [-0.39, 0.29) is 5.91 Å². The monoisotopic (exact) mass is 215 g/mol. The quantitative estimate of drug-likeness (QED) is 0.744. The normalized spacial score (nSPS) is 11.4. The fraction of sp³-hybridized carbons (Fsp3) is 0.556. The molecule has 4 nitrogen and oxygen atoms in total. The van der Waals surface area contributed by atoms with Crippen LogP contribution in [0.2, 0.25) is 0 Å². The van der Waals surface area contributed by atoms with Gasteiger partial charge in [0.25, 0.3) is 0 Å².